The van der Waals surface area contributed by atoms with Gasteiger partial charge >= 0.3 is 0 Å². The van der Waals surface area contributed by atoms with Gasteiger partial charge in [0.25, 0.3) is 0 Å². The van der Waals surface area contributed by atoms with Crippen molar-refractivity contribution in [3.05, 3.63) is 28.8 Å². The van der Waals surface area contributed by atoms with E-state index in [0.29, 0.717) is 12.3 Å². The Morgan fingerprint density at radius 2 is 1.76 bits per heavy atom. The molecule has 0 unspecified atom stereocenters. The number of rotatable bonds is 5. The predicted molar refractivity (Wildman–Crippen MR) is 70.9 cm³/mol. The lowest BCUT2D eigenvalue weighted by molar-refractivity contribution is 0.0975. The number of hydrogen-bond acceptors (Lipinski definition) is 2. The Hall–Kier alpha value is -1.31. The van der Waals surface area contributed by atoms with Gasteiger partial charge < -0.3 is 4.74 Å². The number of methoxy groups -OCH3 is 1. The molecule has 0 saturated carbocycles. The lowest BCUT2D eigenvalue weighted by Crippen LogP contribution is -2.03. The van der Waals surface area contributed by atoms with Crippen LogP contribution in [0.15, 0.2) is 12.1 Å². The molecule has 0 bridgehead atoms. The van der Waals surface area contributed by atoms with Crippen molar-refractivity contribution in [3.8, 4) is 5.75 Å². The number of carbonyl (C=O) groups excluding carboxylic acids is 1. The Bertz CT molecular complexity index is 382. The number of Topliss-reactive ketones (excluding diaryl/α,β-unsaturated/α-hetero) is 1. The first-order valence-corrected chi connectivity index (χ1v) is 6.14. The maximum atomic E-state index is 12.0. The molecular weight excluding hydrogens is 212 g/mol. The maximum absolute atomic E-state index is 12.0. The van der Waals surface area contributed by atoms with Crippen LogP contribution in [0.25, 0.3) is 0 Å². The molecule has 0 aliphatic heterocycles. The van der Waals surface area contributed by atoms with Crippen LogP contribution in [0.5, 0.6) is 5.75 Å². The van der Waals surface area contributed by atoms with Crippen molar-refractivity contribution < 1.29 is 9.53 Å². The summed E-state index contributed by atoms with van der Waals surface area (Å²) in [6, 6.07) is 3.85. The van der Waals surface area contributed by atoms with Gasteiger partial charge in [0.05, 0.1) is 7.11 Å². The molecule has 0 aromatic heterocycles. The molecule has 0 aliphatic rings. The number of benzene rings is 1. The molecule has 0 radical (unpaired) electrons. The van der Waals surface area contributed by atoms with Gasteiger partial charge in [0.2, 0.25) is 0 Å². The van der Waals surface area contributed by atoms with E-state index >= 15 is 0 Å². The Balaban J connectivity index is 2.89. The molecule has 0 aliphatic carbocycles. The molecule has 1 aromatic carbocycles. The molecule has 0 fully saturated rings. The summed E-state index contributed by atoms with van der Waals surface area (Å²) in [5.74, 6) is 1.68. The van der Waals surface area contributed by atoms with Crippen LogP contribution in [0, 0.1) is 19.8 Å². The molecule has 2 nitrogen and oxygen atoms in total. The highest BCUT2D eigenvalue weighted by molar-refractivity contribution is 5.96. The summed E-state index contributed by atoms with van der Waals surface area (Å²) in [7, 11) is 1.66. The summed E-state index contributed by atoms with van der Waals surface area (Å²) >= 11 is 0. The van der Waals surface area contributed by atoms with Crippen LogP contribution in [-0.4, -0.2) is 12.9 Å². The van der Waals surface area contributed by atoms with E-state index in [1.807, 2.05) is 26.0 Å². The third-order valence-electron chi connectivity index (χ3n) is 2.94. The Morgan fingerprint density at radius 3 is 2.18 bits per heavy atom. The molecule has 17 heavy (non-hydrogen) atoms. The van der Waals surface area contributed by atoms with Gasteiger partial charge in [0.1, 0.15) is 5.75 Å². The Morgan fingerprint density at radius 1 is 1.24 bits per heavy atom. The summed E-state index contributed by atoms with van der Waals surface area (Å²) in [4.78, 5) is 12.0. The van der Waals surface area contributed by atoms with E-state index in [4.69, 9.17) is 4.74 Å². The van der Waals surface area contributed by atoms with Crippen molar-refractivity contribution in [1.82, 2.24) is 0 Å². The van der Waals surface area contributed by atoms with Gasteiger partial charge in [-0.1, -0.05) is 13.8 Å². The van der Waals surface area contributed by atoms with E-state index in [1.165, 1.54) is 0 Å². The van der Waals surface area contributed by atoms with Gasteiger partial charge in [-0.05, 0) is 49.4 Å². The molecule has 0 saturated heterocycles. The summed E-state index contributed by atoms with van der Waals surface area (Å²) in [6.45, 7) is 8.23. The predicted octanol–water partition coefficient (Wildman–Crippen LogP) is 3.93. The molecule has 0 atom stereocenters. The van der Waals surface area contributed by atoms with Gasteiger partial charge in [0.15, 0.2) is 5.78 Å². The Labute approximate surface area is 104 Å². The smallest absolute Gasteiger partial charge is 0.162 e. The van der Waals surface area contributed by atoms with Crippen LogP contribution >= 0.6 is 0 Å². The highest BCUT2D eigenvalue weighted by Crippen LogP contribution is 2.25. The zero-order valence-corrected chi connectivity index (χ0v) is 11.5. The summed E-state index contributed by atoms with van der Waals surface area (Å²) in [5, 5.41) is 0. The normalized spacial score (nSPS) is 10.7. The van der Waals surface area contributed by atoms with Gasteiger partial charge in [0, 0.05) is 12.0 Å². The maximum Gasteiger partial charge on any atom is 0.162 e. The third kappa shape index (κ3) is 3.58. The van der Waals surface area contributed by atoms with Gasteiger partial charge in [-0.2, -0.15) is 0 Å². The van der Waals surface area contributed by atoms with Crippen molar-refractivity contribution in [2.24, 2.45) is 5.92 Å². The first-order chi connectivity index (χ1) is 7.95. The molecule has 0 spiro atoms. The van der Waals surface area contributed by atoms with Crippen LogP contribution in [0.3, 0.4) is 0 Å². The first kappa shape index (κ1) is 13.8. The van der Waals surface area contributed by atoms with Crippen LogP contribution in [0.4, 0.5) is 0 Å². The van der Waals surface area contributed by atoms with E-state index in [2.05, 4.69) is 13.8 Å². The fourth-order valence-corrected chi connectivity index (χ4v) is 2.00. The number of ketones is 1. The second-order valence-electron chi connectivity index (χ2n) is 5.00. The second kappa shape index (κ2) is 5.85. The van der Waals surface area contributed by atoms with E-state index in [-0.39, 0.29) is 5.78 Å². The van der Waals surface area contributed by atoms with Crippen molar-refractivity contribution in [3.63, 3.8) is 0 Å². The van der Waals surface area contributed by atoms with Crippen LogP contribution in [0.1, 0.15) is 48.2 Å². The number of ether oxygens (including phenoxy) is 1. The van der Waals surface area contributed by atoms with Crippen LogP contribution in [-0.2, 0) is 0 Å². The third-order valence-corrected chi connectivity index (χ3v) is 2.94. The van der Waals surface area contributed by atoms with Gasteiger partial charge in [-0.3, -0.25) is 4.79 Å². The van der Waals surface area contributed by atoms with E-state index in [9.17, 15) is 4.79 Å². The monoisotopic (exact) mass is 234 g/mol. The van der Waals surface area contributed by atoms with Gasteiger partial charge in [-0.15, -0.1) is 0 Å². The van der Waals surface area contributed by atoms with Crippen LogP contribution in [0.2, 0.25) is 0 Å². The standard InChI is InChI=1S/C15H22O2/c1-10(2)6-7-14(16)13-8-11(3)15(17-5)12(4)9-13/h8-10H,6-7H2,1-5H3. The van der Waals surface area contributed by atoms with Crippen molar-refractivity contribution in [2.45, 2.75) is 40.5 Å². The fraction of sp³-hybridized carbons (Fsp3) is 0.533. The minimum Gasteiger partial charge on any atom is -0.496 e. The quantitative estimate of drug-likeness (QED) is 0.721. The van der Waals surface area contributed by atoms with Crippen molar-refractivity contribution >= 4 is 5.78 Å². The summed E-state index contributed by atoms with van der Waals surface area (Å²) in [6.07, 6.45) is 1.58. The highest BCUT2D eigenvalue weighted by Gasteiger charge is 2.11. The molecule has 0 N–H and O–H groups in total. The minimum atomic E-state index is 0.229. The fourth-order valence-electron chi connectivity index (χ4n) is 2.00. The number of carbonyl (C=O) groups is 1. The SMILES string of the molecule is COc1c(C)cc(C(=O)CCC(C)C)cc1C. The highest BCUT2D eigenvalue weighted by atomic mass is 16.5. The average molecular weight is 234 g/mol. The lowest BCUT2D eigenvalue weighted by atomic mass is 9.98. The zero-order chi connectivity index (χ0) is 13.0. The molecule has 1 aromatic rings. The zero-order valence-electron chi connectivity index (χ0n) is 11.5. The van der Waals surface area contributed by atoms with E-state index in [1.54, 1.807) is 7.11 Å². The van der Waals surface area contributed by atoms with E-state index in [0.717, 1.165) is 28.9 Å². The topological polar surface area (TPSA) is 26.3 Å². The largest absolute Gasteiger partial charge is 0.496 e. The van der Waals surface area contributed by atoms with Crippen molar-refractivity contribution in [2.75, 3.05) is 7.11 Å². The van der Waals surface area contributed by atoms with E-state index < -0.39 is 0 Å². The lowest BCUT2D eigenvalue weighted by Gasteiger charge is -2.11. The average Bonchev–Trinajstić information content (AvgIpc) is 2.25. The number of hydrogen-bond donors (Lipinski definition) is 0. The van der Waals surface area contributed by atoms with Crippen molar-refractivity contribution in [1.29, 1.82) is 0 Å². The molecule has 0 amide bonds. The number of aryl methyl sites for hydroxylation is 2. The molecule has 1 rings (SSSR count). The van der Waals surface area contributed by atoms with Gasteiger partial charge in [-0.25, -0.2) is 0 Å². The van der Waals surface area contributed by atoms with Crippen LogP contribution < -0.4 is 4.74 Å². The minimum absolute atomic E-state index is 0.229. The Kier molecular flexibility index (Phi) is 4.73. The molecule has 0 heterocycles. The first-order valence-electron chi connectivity index (χ1n) is 6.14. The second-order valence-corrected chi connectivity index (χ2v) is 5.00. The molecule has 94 valence electrons. The summed E-state index contributed by atoms with van der Waals surface area (Å²) in [5.41, 5.74) is 2.86. The summed E-state index contributed by atoms with van der Waals surface area (Å²) < 4.78 is 5.30. The molecule has 2 heteroatoms. The molecular formula is C15H22O2.